The number of likely N-dealkylation sites (tertiary alicyclic amines) is 1. The Kier molecular flexibility index (Phi) is 5.21. The van der Waals surface area contributed by atoms with Crippen LogP contribution in [0.25, 0.3) is 10.9 Å². The van der Waals surface area contributed by atoms with Gasteiger partial charge in [0.2, 0.25) is 0 Å². The van der Waals surface area contributed by atoms with Crippen LogP contribution < -0.4 is 5.56 Å². The van der Waals surface area contributed by atoms with Crippen LogP contribution in [0.3, 0.4) is 0 Å². The van der Waals surface area contributed by atoms with Crippen molar-refractivity contribution >= 4 is 28.6 Å². The second kappa shape index (κ2) is 7.15. The molecule has 0 N–H and O–H groups in total. The molecule has 146 valence electrons. The van der Waals surface area contributed by atoms with Crippen LogP contribution in [0.5, 0.6) is 0 Å². The average Bonchev–Trinajstić information content (AvgIpc) is 2.52. The lowest BCUT2D eigenvalue weighted by Crippen LogP contribution is -2.52. The van der Waals surface area contributed by atoms with Crippen molar-refractivity contribution in [3.8, 4) is 0 Å². The smallest absolute Gasteiger partial charge is 0.410 e. The number of halogens is 1. The Balaban J connectivity index is 1.86. The van der Waals surface area contributed by atoms with Gasteiger partial charge in [-0.15, -0.1) is 0 Å². The van der Waals surface area contributed by atoms with Gasteiger partial charge in [0.05, 0.1) is 10.9 Å². The molecule has 1 aliphatic rings. The lowest BCUT2D eigenvalue weighted by Gasteiger charge is -2.43. The van der Waals surface area contributed by atoms with Gasteiger partial charge in [0.1, 0.15) is 10.8 Å². The van der Waals surface area contributed by atoms with Crippen LogP contribution in [-0.2, 0) is 4.74 Å². The molecule has 1 amide bonds. The first kappa shape index (κ1) is 19.7. The number of carbonyl (C=O) groups excluding carboxylic acids is 1. The number of fused-ring (bicyclic) bond motifs is 1. The van der Waals surface area contributed by atoms with Gasteiger partial charge in [-0.3, -0.25) is 4.79 Å². The molecule has 0 aromatic carbocycles. The Morgan fingerprint density at radius 3 is 2.41 bits per heavy atom. The van der Waals surface area contributed by atoms with Crippen molar-refractivity contribution in [2.45, 2.75) is 71.2 Å². The van der Waals surface area contributed by atoms with Crippen LogP contribution in [0.2, 0.25) is 5.15 Å². The number of hydrogen-bond acceptors (Lipinski definition) is 4. The van der Waals surface area contributed by atoms with E-state index in [4.69, 9.17) is 16.3 Å². The number of carbonyl (C=O) groups is 1. The first-order valence-electron chi connectivity index (χ1n) is 9.25. The number of ether oxygens (including phenoxy) is 1. The first-order valence-corrected chi connectivity index (χ1v) is 9.63. The van der Waals surface area contributed by atoms with Crippen molar-refractivity contribution in [3.05, 3.63) is 39.9 Å². The van der Waals surface area contributed by atoms with Crippen LogP contribution in [0, 0.1) is 0 Å². The normalized spacial score (nSPS) is 23.5. The standard InChI is InChI=1S/C20H26ClN3O3/c1-12-10-14(11-13(2)24(12)19(26)27-20(3,4)5)23-9-8-16-15(18(23)25)6-7-17(21)22-16/h6-9,12-14H,10-11H2,1-5H3/t12-,13-/m0/s1. The van der Waals surface area contributed by atoms with Crippen molar-refractivity contribution in [2.24, 2.45) is 0 Å². The maximum absolute atomic E-state index is 12.9. The summed E-state index contributed by atoms with van der Waals surface area (Å²) in [6.45, 7) is 9.59. The largest absolute Gasteiger partial charge is 0.444 e. The average molecular weight is 392 g/mol. The van der Waals surface area contributed by atoms with E-state index in [1.807, 2.05) is 40.7 Å². The summed E-state index contributed by atoms with van der Waals surface area (Å²) in [5.41, 5.74) is -0.0143. The minimum atomic E-state index is -0.531. The number of hydrogen-bond donors (Lipinski definition) is 0. The number of aromatic nitrogens is 2. The third kappa shape index (κ3) is 4.10. The highest BCUT2D eigenvalue weighted by molar-refractivity contribution is 6.29. The van der Waals surface area contributed by atoms with E-state index in [9.17, 15) is 9.59 Å². The molecule has 0 aliphatic carbocycles. The van der Waals surface area contributed by atoms with Crippen LogP contribution in [0.1, 0.15) is 53.5 Å². The first-order chi connectivity index (χ1) is 12.6. The predicted molar refractivity (Wildman–Crippen MR) is 106 cm³/mol. The number of amides is 1. The molecule has 3 rings (SSSR count). The van der Waals surface area contributed by atoms with Crippen molar-refractivity contribution in [1.29, 1.82) is 0 Å². The molecular formula is C20H26ClN3O3. The monoisotopic (exact) mass is 391 g/mol. The molecule has 0 saturated carbocycles. The van der Waals surface area contributed by atoms with E-state index in [2.05, 4.69) is 4.98 Å². The zero-order chi connectivity index (χ0) is 19.9. The Morgan fingerprint density at radius 1 is 1.19 bits per heavy atom. The molecule has 1 saturated heterocycles. The summed E-state index contributed by atoms with van der Waals surface area (Å²) >= 11 is 5.92. The third-order valence-corrected chi connectivity index (χ3v) is 5.13. The molecule has 2 aromatic rings. The Bertz CT molecular complexity index is 907. The molecule has 0 bridgehead atoms. The summed E-state index contributed by atoms with van der Waals surface area (Å²) in [4.78, 5) is 31.5. The van der Waals surface area contributed by atoms with E-state index in [-0.39, 0.29) is 29.8 Å². The summed E-state index contributed by atoms with van der Waals surface area (Å²) in [5, 5.41) is 0.921. The lowest BCUT2D eigenvalue weighted by molar-refractivity contribution is -0.00632. The number of nitrogens with zero attached hydrogens (tertiary/aromatic N) is 3. The predicted octanol–water partition coefficient (Wildman–Crippen LogP) is 4.40. The minimum absolute atomic E-state index is 0.0151. The second-order valence-corrected chi connectivity index (χ2v) is 8.69. The van der Waals surface area contributed by atoms with E-state index in [1.54, 1.807) is 27.8 Å². The molecule has 7 heteroatoms. The van der Waals surface area contributed by atoms with Gasteiger partial charge in [-0.25, -0.2) is 9.78 Å². The highest BCUT2D eigenvalue weighted by Gasteiger charge is 2.37. The summed E-state index contributed by atoms with van der Waals surface area (Å²) in [5.74, 6) is 0. The molecule has 27 heavy (non-hydrogen) atoms. The van der Waals surface area contributed by atoms with Crippen molar-refractivity contribution in [1.82, 2.24) is 14.5 Å². The number of piperidine rings is 1. The molecule has 6 nitrogen and oxygen atoms in total. The van der Waals surface area contributed by atoms with Gasteiger partial charge in [-0.2, -0.15) is 0 Å². The van der Waals surface area contributed by atoms with Crippen LogP contribution in [0.15, 0.2) is 29.2 Å². The fourth-order valence-electron chi connectivity index (χ4n) is 3.85. The molecule has 3 heterocycles. The van der Waals surface area contributed by atoms with E-state index < -0.39 is 5.60 Å². The molecule has 1 fully saturated rings. The van der Waals surface area contributed by atoms with Gasteiger partial charge < -0.3 is 14.2 Å². The summed E-state index contributed by atoms with van der Waals surface area (Å²) in [7, 11) is 0. The summed E-state index contributed by atoms with van der Waals surface area (Å²) < 4.78 is 7.31. The highest BCUT2D eigenvalue weighted by Crippen LogP contribution is 2.32. The van der Waals surface area contributed by atoms with E-state index >= 15 is 0 Å². The van der Waals surface area contributed by atoms with Gasteiger partial charge >= 0.3 is 6.09 Å². The molecule has 0 spiro atoms. The molecule has 2 atom stereocenters. The minimum Gasteiger partial charge on any atom is -0.444 e. The second-order valence-electron chi connectivity index (χ2n) is 8.31. The fourth-order valence-corrected chi connectivity index (χ4v) is 4.00. The SMILES string of the molecule is C[C@H]1CC(n2ccc3nc(Cl)ccc3c2=O)C[C@H](C)N1C(=O)OC(C)(C)C. The summed E-state index contributed by atoms with van der Waals surface area (Å²) in [6.07, 6.45) is 2.86. The highest BCUT2D eigenvalue weighted by atomic mass is 35.5. The molecular weight excluding hydrogens is 366 g/mol. The van der Waals surface area contributed by atoms with Crippen molar-refractivity contribution in [3.63, 3.8) is 0 Å². The third-order valence-electron chi connectivity index (χ3n) is 4.92. The van der Waals surface area contributed by atoms with Crippen LogP contribution in [-0.4, -0.2) is 38.2 Å². The fraction of sp³-hybridized carbons (Fsp3) is 0.550. The van der Waals surface area contributed by atoms with Gasteiger partial charge in [0, 0.05) is 24.3 Å². The Labute approximate surface area is 164 Å². The van der Waals surface area contributed by atoms with Gasteiger partial charge in [0.15, 0.2) is 0 Å². The van der Waals surface area contributed by atoms with Gasteiger partial charge in [-0.05, 0) is 65.7 Å². The number of rotatable bonds is 1. The quantitative estimate of drug-likeness (QED) is 0.676. The van der Waals surface area contributed by atoms with Crippen molar-refractivity contribution < 1.29 is 9.53 Å². The van der Waals surface area contributed by atoms with Crippen molar-refractivity contribution in [2.75, 3.05) is 0 Å². The lowest BCUT2D eigenvalue weighted by atomic mass is 9.92. The van der Waals surface area contributed by atoms with E-state index in [1.165, 1.54) is 0 Å². The van der Waals surface area contributed by atoms with Gasteiger partial charge in [0.25, 0.3) is 5.56 Å². The van der Waals surface area contributed by atoms with Crippen LogP contribution in [0.4, 0.5) is 4.79 Å². The molecule has 2 aromatic heterocycles. The number of pyridine rings is 2. The van der Waals surface area contributed by atoms with Gasteiger partial charge in [-0.1, -0.05) is 11.6 Å². The summed E-state index contributed by atoms with van der Waals surface area (Å²) in [6, 6.07) is 5.12. The van der Waals surface area contributed by atoms with E-state index in [0.717, 1.165) is 0 Å². The Hall–Kier alpha value is -2.08. The maximum Gasteiger partial charge on any atom is 0.410 e. The van der Waals surface area contributed by atoms with E-state index in [0.29, 0.717) is 28.9 Å². The molecule has 0 unspecified atom stereocenters. The topological polar surface area (TPSA) is 64.4 Å². The molecule has 0 radical (unpaired) electrons. The zero-order valence-electron chi connectivity index (χ0n) is 16.4. The zero-order valence-corrected chi connectivity index (χ0v) is 17.2. The molecule has 1 aliphatic heterocycles. The maximum atomic E-state index is 12.9. The Morgan fingerprint density at radius 2 is 1.81 bits per heavy atom. The van der Waals surface area contributed by atoms with Crippen LogP contribution >= 0.6 is 11.6 Å².